The van der Waals surface area contributed by atoms with Crippen molar-refractivity contribution in [3.8, 4) is 0 Å². The van der Waals surface area contributed by atoms with Crippen LogP contribution in [-0.4, -0.2) is 30.7 Å². The van der Waals surface area contributed by atoms with Crippen LogP contribution in [0.1, 0.15) is 196 Å². The van der Waals surface area contributed by atoms with Crippen LogP contribution in [0.4, 0.5) is 0 Å². The molecular weight excluding hydrogens is 937 g/mol. The van der Waals surface area contributed by atoms with Gasteiger partial charge in [-0.15, -0.1) is 0 Å². The van der Waals surface area contributed by atoms with E-state index in [9.17, 15) is 28.8 Å². The lowest BCUT2D eigenvalue weighted by atomic mass is 9.94. The van der Waals surface area contributed by atoms with Gasteiger partial charge in [0.15, 0.2) is 30.7 Å². The fraction of sp³-hybridized carbons (Fsp3) is 0.556. The zero-order valence-electron chi connectivity index (χ0n) is 40.3. The van der Waals surface area contributed by atoms with Gasteiger partial charge in [-0.05, 0) is 107 Å². The number of unbranched alkanes of at least 4 members (excludes halogenated alkanes) is 12. The van der Waals surface area contributed by atoms with E-state index in [1.54, 1.807) is 0 Å². The summed E-state index contributed by atoms with van der Waals surface area (Å²) in [5, 5.41) is 5.44. The number of carbonyl (C=O) groups excluding carboxylic acids is 6. The number of carbonyl (C=O) groups is 6. The Bertz CT molecular complexity index is 1850. The van der Waals surface area contributed by atoms with Gasteiger partial charge in [-0.25, -0.2) is 0 Å². The maximum atomic E-state index is 13.7. The Morgan fingerprint density at radius 2 is 0.394 bits per heavy atom. The highest BCUT2D eigenvalue weighted by Crippen LogP contribution is 2.48. The predicted molar refractivity (Wildman–Crippen MR) is 289 cm³/mol. The number of hydrogen-bond acceptors (Lipinski definition) is 12. The Balaban J connectivity index is 2.12. The van der Waals surface area contributed by atoms with E-state index in [-0.39, 0.29) is 30.7 Å². The molecule has 0 aromatic heterocycles. The Labute approximate surface area is 420 Å². The van der Waals surface area contributed by atoms with E-state index in [1.807, 2.05) is 36.4 Å². The minimum atomic E-state index is 0.0490. The van der Waals surface area contributed by atoms with E-state index in [4.69, 9.17) is 0 Å². The standard InChI is InChI=1S/C54H72O6S6/c1-7-13-19-25-49(55)61-43-31-37-38(32-44(43)62-50(56)26-20-14-8-2)40-34-46(64-52(58)28-22-16-10-4)48(66-54(60)30-24-18-12-6)36-42(40)41-35-47(65-53(59)29-23-17-11-5)45(33-39(37)41)63-51(57)27-21-15-9-3/h31-36H,7-30H2,1-6H3. The molecule has 12 heteroatoms. The summed E-state index contributed by atoms with van der Waals surface area (Å²) in [5.74, 6) is 0. The molecule has 360 valence electrons. The van der Waals surface area contributed by atoms with Gasteiger partial charge < -0.3 is 0 Å². The highest BCUT2D eigenvalue weighted by atomic mass is 32.2. The van der Waals surface area contributed by atoms with Crippen LogP contribution in [0, 0.1) is 0 Å². The molecule has 0 bridgehead atoms. The fourth-order valence-electron chi connectivity index (χ4n) is 7.65. The molecule has 0 unspecified atom stereocenters. The third kappa shape index (κ3) is 18.3. The molecule has 0 saturated heterocycles. The van der Waals surface area contributed by atoms with Gasteiger partial charge in [-0.1, -0.05) is 189 Å². The van der Waals surface area contributed by atoms with Crippen LogP contribution in [0.2, 0.25) is 0 Å². The maximum absolute atomic E-state index is 13.7. The first kappa shape index (κ1) is 56.4. The first-order valence-electron chi connectivity index (χ1n) is 24.8. The second-order valence-corrected chi connectivity index (χ2v) is 23.7. The third-order valence-corrected chi connectivity index (χ3v) is 17.7. The molecule has 4 aromatic carbocycles. The molecule has 4 rings (SSSR count). The van der Waals surface area contributed by atoms with Crippen molar-refractivity contribution in [3.63, 3.8) is 0 Å². The maximum Gasteiger partial charge on any atom is 0.193 e. The van der Waals surface area contributed by atoms with Gasteiger partial charge in [0.1, 0.15) is 0 Å². The summed E-state index contributed by atoms with van der Waals surface area (Å²) < 4.78 is 0. The fourth-order valence-corrected chi connectivity index (χ4v) is 13.4. The number of fused-ring (bicyclic) bond motifs is 6. The lowest BCUT2D eigenvalue weighted by molar-refractivity contribution is -0.111. The van der Waals surface area contributed by atoms with Crippen molar-refractivity contribution in [1.82, 2.24) is 0 Å². The molecule has 0 aliphatic heterocycles. The summed E-state index contributed by atoms with van der Waals surface area (Å²) in [7, 11) is 0. The Kier molecular flexibility index (Phi) is 26.6. The van der Waals surface area contributed by atoms with E-state index in [0.717, 1.165) is 177 Å². The van der Waals surface area contributed by atoms with Crippen molar-refractivity contribution in [2.75, 3.05) is 0 Å². The van der Waals surface area contributed by atoms with Gasteiger partial charge in [0.25, 0.3) is 0 Å². The highest BCUT2D eigenvalue weighted by Gasteiger charge is 2.24. The molecule has 0 atom stereocenters. The van der Waals surface area contributed by atoms with E-state index in [1.165, 1.54) is 70.6 Å². The van der Waals surface area contributed by atoms with Crippen LogP contribution in [0.3, 0.4) is 0 Å². The van der Waals surface area contributed by atoms with E-state index >= 15 is 0 Å². The van der Waals surface area contributed by atoms with Crippen LogP contribution < -0.4 is 0 Å². The van der Waals surface area contributed by atoms with Crippen molar-refractivity contribution in [1.29, 1.82) is 0 Å². The summed E-state index contributed by atoms with van der Waals surface area (Å²) in [4.78, 5) is 86.2. The van der Waals surface area contributed by atoms with Crippen LogP contribution in [0.15, 0.2) is 65.8 Å². The van der Waals surface area contributed by atoms with Crippen LogP contribution in [-0.2, 0) is 28.8 Å². The molecule has 0 spiro atoms. The van der Waals surface area contributed by atoms with E-state index < -0.39 is 0 Å². The lowest BCUT2D eigenvalue weighted by Gasteiger charge is -2.19. The number of benzene rings is 4. The molecule has 66 heavy (non-hydrogen) atoms. The third-order valence-electron chi connectivity index (χ3n) is 11.4. The number of hydrogen-bond donors (Lipinski definition) is 0. The SMILES string of the molecule is CCCCCC(=O)Sc1cc2c3cc(SC(=O)CCCCC)c(SC(=O)CCCCC)cc3c3cc(SC(=O)CCCCC)c(SC(=O)CCCCC)cc3c2cc1SC(=O)CCCCC. The molecule has 4 aromatic rings. The zero-order valence-corrected chi connectivity index (χ0v) is 45.2. The minimum absolute atomic E-state index is 0.0490. The van der Waals surface area contributed by atoms with Crippen LogP contribution in [0.25, 0.3) is 32.3 Å². The van der Waals surface area contributed by atoms with Gasteiger partial charge in [0.05, 0.1) is 0 Å². The monoisotopic (exact) mass is 1010 g/mol. The largest absolute Gasteiger partial charge is 0.287 e. The normalized spacial score (nSPS) is 11.5. The molecule has 0 amide bonds. The summed E-state index contributed by atoms with van der Waals surface area (Å²) in [6, 6.07) is 12.3. The molecule has 0 radical (unpaired) electrons. The second-order valence-electron chi connectivity index (χ2n) is 17.1. The average Bonchev–Trinajstić information content (AvgIpc) is 3.28. The predicted octanol–water partition coefficient (Wildman–Crippen LogP) is 18.3. The van der Waals surface area contributed by atoms with Gasteiger partial charge in [0, 0.05) is 67.9 Å². The lowest BCUT2D eigenvalue weighted by Crippen LogP contribution is -1.99. The minimum Gasteiger partial charge on any atom is -0.287 e. The van der Waals surface area contributed by atoms with Gasteiger partial charge in [0.2, 0.25) is 0 Å². The van der Waals surface area contributed by atoms with Crippen molar-refractivity contribution in [3.05, 3.63) is 36.4 Å². The average molecular weight is 1010 g/mol. The topological polar surface area (TPSA) is 102 Å². The summed E-state index contributed by atoms with van der Waals surface area (Å²) in [6.07, 6.45) is 19.2. The molecule has 0 aliphatic rings. The molecule has 0 heterocycles. The van der Waals surface area contributed by atoms with Crippen molar-refractivity contribution in [2.24, 2.45) is 0 Å². The summed E-state index contributed by atoms with van der Waals surface area (Å²) in [6.45, 7) is 12.7. The Morgan fingerprint density at radius 1 is 0.258 bits per heavy atom. The Morgan fingerprint density at radius 3 is 0.515 bits per heavy atom. The highest BCUT2D eigenvalue weighted by molar-refractivity contribution is 8.17. The van der Waals surface area contributed by atoms with E-state index in [2.05, 4.69) is 41.5 Å². The van der Waals surface area contributed by atoms with E-state index in [0.29, 0.717) is 38.5 Å². The zero-order chi connectivity index (χ0) is 47.8. The quantitative estimate of drug-likeness (QED) is 0.0282. The molecule has 0 aliphatic carbocycles. The van der Waals surface area contributed by atoms with Gasteiger partial charge in [-0.2, -0.15) is 0 Å². The van der Waals surface area contributed by atoms with Crippen molar-refractivity contribution in [2.45, 2.75) is 225 Å². The van der Waals surface area contributed by atoms with Gasteiger partial charge in [-0.3, -0.25) is 28.8 Å². The smallest absolute Gasteiger partial charge is 0.193 e. The number of rotatable bonds is 30. The molecule has 0 fully saturated rings. The van der Waals surface area contributed by atoms with Crippen LogP contribution >= 0.6 is 70.6 Å². The van der Waals surface area contributed by atoms with Crippen molar-refractivity contribution >= 4 is 134 Å². The van der Waals surface area contributed by atoms with Gasteiger partial charge >= 0.3 is 0 Å². The van der Waals surface area contributed by atoms with Crippen LogP contribution in [0.5, 0.6) is 0 Å². The molecule has 0 saturated carbocycles. The second kappa shape index (κ2) is 31.1. The first-order valence-corrected chi connectivity index (χ1v) is 29.7. The summed E-state index contributed by atoms with van der Waals surface area (Å²) in [5.41, 5.74) is 0. The Hall–Kier alpha value is -2.22. The molecule has 0 N–H and O–H groups in total. The van der Waals surface area contributed by atoms with Crippen molar-refractivity contribution < 1.29 is 28.8 Å². The summed E-state index contributed by atoms with van der Waals surface area (Å²) >= 11 is 7.17. The first-order chi connectivity index (χ1) is 32.0. The molecule has 6 nitrogen and oxygen atoms in total. The number of thioether (sulfide) groups is 6. The molecular formula is C54H72O6S6.